The van der Waals surface area contributed by atoms with E-state index in [0.29, 0.717) is 38.2 Å². The van der Waals surface area contributed by atoms with Gasteiger partial charge in [-0.1, -0.05) is 24.1 Å². The van der Waals surface area contributed by atoms with Gasteiger partial charge in [0.25, 0.3) is 5.91 Å². The number of carbonyl (C=O) groups is 2. The molecule has 0 spiro atoms. The van der Waals surface area contributed by atoms with Crippen molar-refractivity contribution in [2.45, 2.75) is 38.3 Å². The Hall–Kier alpha value is -2.95. The predicted molar refractivity (Wildman–Crippen MR) is 95.0 cm³/mol. The van der Waals surface area contributed by atoms with E-state index in [9.17, 15) is 14.9 Å². The molecule has 4 rings (SSSR count). The molecule has 0 aromatic carbocycles. The number of aromatic nitrogens is 1. The van der Waals surface area contributed by atoms with Crippen molar-refractivity contribution in [3.8, 4) is 6.07 Å². The van der Waals surface area contributed by atoms with E-state index in [0.717, 1.165) is 18.4 Å². The van der Waals surface area contributed by atoms with Crippen LogP contribution < -0.4 is 5.32 Å². The predicted octanol–water partition coefficient (Wildman–Crippen LogP) is 0.995. The van der Waals surface area contributed by atoms with Crippen LogP contribution >= 0.6 is 0 Å². The first-order valence-corrected chi connectivity index (χ1v) is 9.24. The Morgan fingerprint density at radius 3 is 2.89 bits per heavy atom. The number of hydrogen-bond donors (Lipinski definition) is 1. The molecule has 2 atom stereocenters. The molecule has 1 aliphatic carbocycles. The zero-order valence-corrected chi connectivity index (χ0v) is 14.9. The average molecular weight is 367 g/mol. The number of nitrogens with one attached hydrogen (secondary N) is 1. The number of nitrogens with zero attached hydrogens (tertiary/aromatic N) is 4. The molecule has 0 unspecified atom stereocenters. The smallest absolute Gasteiger partial charge is 0.269 e. The highest BCUT2D eigenvalue weighted by atomic mass is 16.6. The van der Waals surface area contributed by atoms with Crippen LogP contribution in [0.5, 0.6) is 0 Å². The van der Waals surface area contributed by atoms with Crippen LogP contribution in [0.3, 0.4) is 0 Å². The standard InChI is InChI=1S/C19H21N5O3/c20-12-19(5-1-2-6-19)18(26)24-10-14-15(11-24)27-23-16(14)17(25)22-9-13-4-3-7-21-8-13/h3-4,7-8,14-15H,1-2,5-6,9-11H2,(H,22,25)/t14-,15+/m0/s1. The molecule has 140 valence electrons. The van der Waals surface area contributed by atoms with Gasteiger partial charge in [-0.3, -0.25) is 14.6 Å². The molecule has 8 heteroatoms. The number of carbonyl (C=O) groups excluding carboxylic acids is 2. The molecule has 1 saturated carbocycles. The monoisotopic (exact) mass is 367 g/mol. The van der Waals surface area contributed by atoms with E-state index in [2.05, 4.69) is 21.5 Å². The molecule has 1 aromatic rings. The van der Waals surface area contributed by atoms with Gasteiger partial charge in [0.2, 0.25) is 5.91 Å². The van der Waals surface area contributed by atoms with Crippen LogP contribution in [-0.2, 0) is 21.0 Å². The minimum atomic E-state index is -0.904. The Labute approximate surface area is 157 Å². The summed E-state index contributed by atoms with van der Waals surface area (Å²) in [5, 5.41) is 16.3. The van der Waals surface area contributed by atoms with Gasteiger partial charge in [0.15, 0.2) is 11.8 Å². The third kappa shape index (κ3) is 3.14. The van der Waals surface area contributed by atoms with Crippen molar-refractivity contribution in [3.05, 3.63) is 30.1 Å². The molecule has 2 fully saturated rings. The molecule has 1 saturated heterocycles. The van der Waals surface area contributed by atoms with Gasteiger partial charge in [-0.2, -0.15) is 5.26 Å². The van der Waals surface area contributed by atoms with Gasteiger partial charge in [0, 0.05) is 25.5 Å². The summed E-state index contributed by atoms with van der Waals surface area (Å²) in [5.41, 5.74) is 0.303. The first kappa shape index (κ1) is 17.5. The Morgan fingerprint density at radius 1 is 1.37 bits per heavy atom. The number of rotatable bonds is 4. The van der Waals surface area contributed by atoms with Gasteiger partial charge < -0.3 is 15.1 Å². The van der Waals surface area contributed by atoms with Crippen LogP contribution in [0.4, 0.5) is 0 Å². The topological polar surface area (TPSA) is 108 Å². The van der Waals surface area contributed by atoms with Crippen molar-refractivity contribution in [2.75, 3.05) is 13.1 Å². The van der Waals surface area contributed by atoms with Gasteiger partial charge in [0.1, 0.15) is 5.41 Å². The van der Waals surface area contributed by atoms with Gasteiger partial charge >= 0.3 is 0 Å². The third-order valence-corrected chi connectivity index (χ3v) is 5.68. The Morgan fingerprint density at radius 2 is 2.19 bits per heavy atom. The summed E-state index contributed by atoms with van der Waals surface area (Å²) < 4.78 is 0. The molecule has 0 radical (unpaired) electrons. The highest BCUT2D eigenvalue weighted by molar-refractivity contribution is 6.40. The van der Waals surface area contributed by atoms with E-state index in [-0.39, 0.29) is 23.8 Å². The Kier molecular flexibility index (Phi) is 4.52. The second kappa shape index (κ2) is 6.99. The highest BCUT2D eigenvalue weighted by Gasteiger charge is 2.51. The Balaban J connectivity index is 1.39. The largest absolute Gasteiger partial charge is 0.389 e. The van der Waals surface area contributed by atoms with Crippen molar-refractivity contribution < 1.29 is 14.4 Å². The zero-order valence-electron chi connectivity index (χ0n) is 14.9. The van der Waals surface area contributed by atoms with Crippen molar-refractivity contribution in [1.29, 1.82) is 5.26 Å². The lowest BCUT2D eigenvalue weighted by Crippen LogP contribution is -2.42. The fraction of sp³-hybridized carbons (Fsp3) is 0.526. The van der Waals surface area contributed by atoms with E-state index in [4.69, 9.17) is 4.84 Å². The normalized spacial score (nSPS) is 25.3. The fourth-order valence-corrected chi connectivity index (χ4v) is 4.14. The quantitative estimate of drug-likeness (QED) is 0.854. The average Bonchev–Trinajstić information content (AvgIpc) is 3.42. The molecule has 27 heavy (non-hydrogen) atoms. The number of likely N-dealkylation sites (tertiary alicyclic amines) is 1. The van der Waals surface area contributed by atoms with E-state index >= 15 is 0 Å². The maximum atomic E-state index is 12.9. The zero-order chi connectivity index (χ0) is 18.9. The maximum absolute atomic E-state index is 12.9. The van der Waals surface area contributed by atoms with Gasteiger partial charge in [-0.15, -0.1) is 0 Å². The van der Waals surface area contributed by atoms with Crippen molar-refractivity contribution >= 4 is 17.5 Å². The summed E-state index contributed by atoms with van der Waals surface area (Å²) in [4.78, 5) is 36.5. The van der Waals surface area contributed by atoms with Crippen LogP contribution in [0.25, 0.3) is 0 Å². The third-order valence-electron chi connectivity index (χ3n) is 5.68. The molecule has 0 bridgehead atoms. The number of oxime groups is 1. The molecule has 1 N–H and O–H groups in total. The lowest BCUT2D eigenvalue weighted by Gasteiger charge is -2.26. The first-order valence-electron chi connectivity index (χ1n) is 9.24. The molecule has 8 nitrogen and oxygen atoms in total. The van der Waals surface area contributed by atoms with Crippen LogP contribution in [0.1, 0.15) is 31.2 Å². The number of nitriles is 1. The van der Waals surface area contributed by atoms with Crippen LogP contribution in [0.15, 0.2) is 29.7 Å². The summed E-state index contributed by atoms with van der Waals surface area (Å²) in [6.07, 6.45) is 6.08. The maximum Gasteiger partial charge on any atom is 0.269 e. The number of pyridine rings is 1. The van der Waals surface area contributed by atoms with Gasteiger partial charge in [0.05, 0.1) is 18.5 Å². The summed E-state index contributed by atoms with van der Waals surface area (Å²) in [6, 6.07) is 5.93. The van der Waals surface area contributed by atoms with Gasteiger partial charge in [-0.05, 0) is 24.5 Å². The van der Waals surface area contributed by atoms with E-state index in [1.807, 2.05) is 12.1 Å². The van der Waals surface area contributed by atoms with Crippen molar-refractivity contribution in [3.63, 3.8) is 0 Å². The lowest BCUT2D eigenvalue weighted by atomic mass is 9.86. The second-order valence-corrected chi connectivity index (χ2v) is 7.38. The summed E-state index contributed by atoms with van der Waals surface area (Å²) >= 11 is 0. The van der Waals surface area contributed by atoms with E-state index in [1.165, 1.54) is 0 Å². The molecule has 1 aromatic heterocycles. The van der Waals surface area contributed by atoms with Gasteiger partial charge in [-0.25, -0.2) is 0 Å². The van der Waals surface area contributed by atoms with E-state index in [1.54, 1.807) is 17.3 Å². The van der Waals surface area contributed by atoms with Crippen molar-refractivity contribution in [1.82, 2.24) is 15.2 Å². The summed E-state index contributed by atoms with van der Waals surface area (Å²) in [5.74, 6) is -0.674. The van der Waals surface area contributed by atoms with Crippen LogP contribution in [-0.4, -0.2) is 46.6 Å². The summed E-state index contributed by atoms with van der Waals surface area (Å²) in [6.45, 7) is 1.09. The second-order valence-electron chi connectivity index (χ2n) is 7.38. The van der Waals surface area contributed by atoms with Crippen LogP contribution in [0, 0.1) is 22.7 Å². The number of hydrogen-bond acceptors (Lipinski definition) is 6. The first-order chi connectivity index (χ1) is 13.1. The molecule has 2 aliphatic heterocycles. The number of amides is 2. The molecule has 3 heterocycles. The minimum absolute atomic E-state index is 0.129. The summed E-state index contributed by atoms with van der Waals surface area (Å²) in [7, 11) is 0. The molecule has 3 aliphatic rings. The SMILES string of the molecule is N#CC1(C(=O)N2C[C@@H]3C(C(=O)NCc4cccnc4)=NO[C@@H]3C2)CCCC1. The molecular formula is C19H21N5O3. The van der Waals surface area contributed by atoms with E-state index < -0.39 is 5.41 Å². The molecule has 2 amide bonds. The number of fused-ring (bicyclic) bond motifs is 1. The fourth-order valence-electron chi connectivity index (χ4n) is 4.14. The Bertz CT molecular complexity index is 810. The van der Waals surface area contributed by atoms with Crippen LogP contribution in [0.2, 0.25) is 0 Å². The van der Waals surface area contributed by atoms with Crippen molar-refractivity contribution in [2.24, 2.45) is 16.5 Å². The lowest BCUT2D eigenvalue weighted by molar-refractivity contribution is -0.138. The minimum Gasteiger partial charge on any atom is -0.389 e. The molecular weight excluding hydrogens is 346 g/mol. The highest BCUT2D eigenvalue weighted by Crippen LogP contribution is 2.41.